The van der Waals surface area contributed by atoms with E-state index in [2.05, 4.69) is 5.32 Å². The van der Waals surface area contributed by atoms with Crippen molar-refractivity contribution < 1.29 is 22.7 Å². The summed E-state index contributed by atoms with van der Waals surface area (Å²) in [5, 5.41) is 2.56. The summed E-state index contributed by atoms with van der Waals surface area (Å²) in [6.45, 7) is 5.74. The van der Waals surface area contributed by atoms with E-state index in [1.54, 1.807) is 26.0 Å². The molecule has 1 amide bonds. The second-order valence-electron chi connectivity index (χ2n) is 6.38. The Balaban J connectivity index is 1.89. The molecule has 7 nitrogen and oxygen atoms in total. The molecule has 0 fully saturated rings. The number of thioether (sulfide) groups is 1. The van der Waals surface area contributed by atoms with Crippen LogP contribution in [0.15, 0.2) is 58.3 Å². The minimum absolute atomic E-state index is 0.0930. The molecule has 9 heteroatoms. The molecule has 0 aliphatic rings. The summed E-state index contributed by atoms with van der Waals surface area (Å²) in [5.41, 5.74) is 1.38. The number of nitrogens with zero attached hydrogens (tertiary/aromatic N) is 1. The van der Waals surface area contributed by atoms with E-state index in [4.69, 9.17) is 4.74 Å². The third kappa shape index (κ3) is 6.58. The van der Waals surface area contributed by atoms with E-state index in [1.165, 1.54) is 28.2 Å². The SMILES string of the molecule is CCN(CC)S(=O)(=O)c1cccc(NC(=O)COC(=O)CSc2ccccc2C)c1. The minimum atomic E-state index is -3.63. The number of nitrogens with one attached hydrogen (secondary N) is 1. The molecule has 0 radical (unpaired) electrons. The van der Waals surface area contributed by atoms with Crippen molar-refractivity contribution in [1.29, 1.82) is 0 Å². The number of carbonyl (C=O) groups is 2. The number of aryl methyl sites for hydroxylation is 1. The van der Waals surface area contributed by atoms with Crippen molar-refractivity contribution in [3.63, 3.8) is 0 Å². The van der Waals surface area contributed by atoms with E-state index < -0.39 is 28.5 Å². The van der Waals surface area contributed by atoms with Crippen LogP contribution in [-0.4, -0.2) is 50.0 Å². The van der Waals surface area contributed by atoms with Crippen molar-refractivity contribution in [3.05, 3.63) is 54.1 Å². The maximum absolute atomic E-state index is 12.6. The minimum Gasteiger partial charge on any atom is -0.455 e. The number of benzene rings is 2. The van der Waals surface area contributed by atoms with Crippen molar-refractivity contribution in [2.24, 2.45) is 0 Å². The van der Waals surface area contributed by atoms with E-state index in [-0.39, 0.29) is 10.6 Å². The second kappa shape index (κ2) is 11.1. The number of sulfonamides is 1. The molecular formula is C21H26N2O5S2. The second-order valence-corrected chi connectivity index (χ2v) is 9.34. The molecule has 0 saturated heterocycles. The standard InChI is InChI=1S/C21H26N2O5S2/c1-4-23(5-2)30(26,27)18-11-8-10-17(13-18)22-20(24)14-28-21(25)15-29-19-12-7-6-9-16(19)3/h6-13H,4-5,14-15H2,1-3H3,(H,22,24). The van der Waals surface area contributed by atoms with Gasteiger partial charge < -0.3 is 10.1 Å². The zero-order valence-corrected chi connectivity index (χ0v) is 18.9. The van der Waals surface area contributed by atoms with Gasteiger partial charge in [-0.15, -0.1) is 11.8 Å². The van der Waals surface area contributed by atoms with Gasteiger partial charge in [0.2, 0.25) is 10.0 Å². The number of anilines is 1. The van der Waals surface area contributed by atoms with E-state index in [0.717, 1.165) is 10.5 Å². The van der Waals surface area contributed by atoms with Gasteiger partial charge in [-0.25, -0.2) is 8.42 Å². The average Bonchev–Trinajstić information content (AvgIpc) is 2.72. The third-order valence-electron chi connectivity index (χ3n) is 4.26. The predicted molar refractivity (Wildman–Crippen MR) is 118 cm³/mol. The number of rotatable bonds is 10. The molecular weight excluding hydrogens is 424 g/mol. The molecule has 0 bridgehead atoms. The topological polar surface area (TPSA) is 92.8 Å². The van der Waals surface area contributed by atoms with Gasteiger partial charge in [0.25, 0.3) is 5.91 Å². The maximum atomic E-state index is 12.6. The summed E-state index contributed by atoms with van der Waals surface area (Å²) in [4.78, 5) is 25.1. The van der Waals surface area contributed by atoms with Crippen LogP contribution >= 0.6 is 11.8 Å². The van der Waals surface area contributed by atoms with Crippen molar-refractivity contribution in [3.8, 4) is 0 Å². The van der Waals surface area contributed by atoms with Gasteiger partial charge in [0.15, 0.2) is 6.61 Å². The number of hydrogen-bond donors (Lipinski definition) is 1. The fraction of sp³-hybridized carbons (Fsp3) is 0.333. The Morgan fingerprint density at radius 1 is 1.07 bits per heavy atom. The Bertz CT molecular complexity index is 988. The molecule has 2 rings (SSSR count). The van der Waals surface area contributed by atoms with Crippen molar-refractivity contribution in [2.75, 3.05) is 30.8 Å². The van der Waals surface area contributed by atoms with Crippen LogP contribution in [-0.2, 0) is 24.3 Å². The summed E-state index contributed by atoms with van der Waals surface area (Å²) in [6.07, 6.45) is 0. The molecule has 0 aromatic heterocycles. The first-order valence-corrected chi connectivity index (χ1v) is 11.9. The van der Waals surface area contributed by atoms with E-state index in [9.17, 15) is 18.0 Å². The highest BCUT2D eigenvalue weighted by Crippen LogP contribution is 2.22. The van der Waals surface area contributed by atoms with Gasteiger partial charge in [0, 0.05) is 23.7 Å². The van der Waals surface area contributed by atoms with Crippen molar-refractivity contribution >= 4 is 39.3 Å². The lowest BCUT2D eigenvalue weighted by Gasteiger charge is -2.18. The Morgan fingerprint density at radius 3 is 2.43 bits per heavy atom. The lowest BCUT2D eigenvalue weighted by molar-refractivity contribution is -0.144. The molecule has 1 N–H and O–H groups in total. The van der Waals surface area contributed by atoms with Gasteiger partial charge >= 0.3 is 5.97 Å². The molecule has 0 heterocycles. The zero-order chi connectivity index (χ0) is 22.1. The average molecular weight is 451 g/mol. The van der Waals surface area contributed by atoms with Crippen molar-refractivity contribution in [1.82, 2.24) is 4.31 Å². The Labute approximate surface area is 181 Å². The zero-order valence-electron chi connectivity index (χ0n) is 17.3. The van der Waals surface area contributed by atoms with Crippen LogP contribution < -0.4 is 5.32 Å². The molecule has 30 heavy (non-hydrogen) atoms. The molecule has 0 saturated carbocycles. The quantitative estimate of drug-likeness (QED) is 0.441. The van der Waals surface area contributed by atoms with Crippen LogP contribution in [0.2, 0.25) is 0 Å². The molecule has 2 aromatic carbocycles. The van der Waals surface area contributed by atoms with E-state index >= 15 is 0 Å². The van der Waals surface area contributed by atoms with Gasteiger partial charge in [-0.05, 0) is 36.8 Å². The highest BCUT2D eigenvalue weighted by molar-refractivity contribution is 8.00. The molecule has 0 unspecified atom stereocenters. The predicted octanol–water partition coefficient (Wildman–Crippen LogP) is 3.30. The molecule has 0 aliphatic heterocycles. The highest BCUT2D eigenvalue weighted by atomic mass is 32.2. The molecule has 162 valence electrons. The maximum Gasteiger partial charge on any atom is 0.316 e. The van der Waals surface area contributed by atoms with Gasteiger partial charge in [-0.3, -0.25) is 9.59 Å². The fourth-order valence-corrected chi connectivity index (χ4v) is 5.02. The lowest BCUT2D eigenvalue weighted by Crippen LogP contribution is -2.30. The Hall–Kier alpha value is -2.36. The Kier molecular flexibility index (Phi) is 8.88. The molecule has 0 atom stereocenters. The van der Waals surface area contributed by atoms with Gasteiger partial charge in [0.1, 0.15) is 0 Å². The van der Waals surface area contributed by atoms with Crippen LogP contribution in [0.1, 0.15) is 19.4 Å². The van der Waals surface area contributed by atoms with Crippen LogP contribution in [0.4, 0.5) is 5.69 Å². The first-order chi connectivity index (χ1) is 14.3. The summed E-state index contributed by atoms with van der Waals surface area (Å²) >= 11 is 1.34. The number of carbonyl (C=O) groups excluding carboxylic acids is 2. The van der Waals surface area contributed by atoms with Gasteiger partial charge in [0.05, 0.1) is 10.6 Å². The third-order valence-corrected chi connectivity index (χ3v) is 7.46. The summed E-state index contributed by atoms with van der Waals surface area (Å²) in [5.74, 6) is -0.951. The Morgan fingerprint density at radius 2 is 1.77 bits per heavy atom. The highest BCUT2D eigenvalue weighted by Gasteiger charge is 2.22. The van der Waals surface area contributed by atoms with Gasteiger partial charge in [-0.2, -0.15) is 4.31 Å². The number of esters is 1. The fourth-order valence-electron chi connectivity index (χ4n) is 2.69. The summed E-state index contributed by atoms with van der Waals surface area (Å²) in [7, 11) is -3.63. The van der Waals surface area contributed by atoms with Crippen molar-refractivity contribution in [2.45, 2.75) is 30.6 Å². The smallest absolute Gasteiger partial charge is 0.316 e. The van der Waals surface area contributed by atoms with Gasteiger partial charge in [-0.1, -0.05) is 38.1 Å². The van der Waals surface area contributed by atoms with Crippen LogP contribution in [0, 0.1) is 6.92 Å². The molecule has 0 spiro atoms. The molecule has 0 aliphatic carbocycles. The molecule has 2 aromatic rings. The normalized spacial score (nSPS) is 11.3. The number of hydrogen-bond acceptors (Lipinski definition) is 6. The first-order valence-electron chi connectivity index (χ1n) is 9.52. The largest absolute Gasteiger partial charge is 0.455 e. The number of amides is 1. The van der Waals surface area contributed by atoms with E-state index in [1.807, 2.05) is 31.2 Å². The van der Waals surface area contributed by atoms with Crippen LogP contribution in [0.3, 0.4) is 0 Å². The van der Waals surface area contributed by atoms with E-state index in [0.29, 0.717) is 18.8 Å². The lowest BCUT2D eigenvalue weighted by atomic mass is 10.2. The monoisotopic (exact) mass is 450 g/mol. The van der Waals surface area contributed by atoms with Crippen LogP contribution in [0.5, 0.6) is 0 Å². The first kappa shape index (κ1) is 23.9. The summed E-state index contributed by atoms with van der Waals surface area (Å²) < 4.78 is 31.5. The number of ether oxygens (including phenoxy) is 1. The summed E-state index contributed by atoms with van der Waals surface area (Å²) in [6, 6.07) is 13.7. The van der Waals surface area contributed by atoms with Crippen LogP contribution in [0.25, 0.3) is 0 Å².